The maximum Gasteiger partial charge on any atom is 0.362 e. The normalized spacial score (nSPS) is 19.2. The highest BCUT2D eigenvalue weighted by Gasteiger charge is 2.54. The molecule has 1 aliphatic rings. The Labute approximate surface area is 189 Å². The van der Waals surface area contributed by atoms with Gasteiger partial charge in [0.15, 0.2) is 10.8 Å². The van der Waals surface area contributed by atoms with Crippen molar-refractivity contribution in [1.29, 1.82) is 0 Å². The van der Waals surface area contributed by atoms with E-state index >= 15 is 0 Å². The van der Waals surface area contributed by atoms with Gasteiger partial charge in [-0.15, -0.1) is 11.3 Å². The summed E-state index contributed by atoms with van der Waals surface area (Å²) in [5.74, 6) is -3.52. The van der Waals surface area contributed by atoms with Crippen LogP contribution in [0.5, 0.6) is 0 Å². The van der Waals surface area contributed by atoms with E-state index in [1.807, 2.05) is 0 Å². The number of oxime groups is 1. The molecule has 1 aliphatic heterocycles. The van der Waals surface area contributed by atoms with Gasteiger partial charge in [0.25, 0.3) is 11.8 Å². The predicted molar refractivity (Wildman–Crippen MR) is 110 cm³/mol. The molecule has 0 spiro atoms. The molecule has 0 aliphatic carbocycles. The maximum absolute atomic E-state index is 12.9. The molecule has 1 saturated heterocycles. The van der Waals surface area contributed by atoms with E-state index in [9.17, 15) is 32.5 Å². The highest BCUT2D eigenvalue weighted by Crippen LogP contribution is 2.25. The van der Waals surface area contributed by atoms with Gasteiger partial charge in [0.05, 0.1) is 18.9 Å². The number of carboxylic acid groups (broad SMARTS) is 1. The molecule has 178 valence electrons. The van der Waals surface area contributed by atoms with Gasteiger partial charge in [-0.3, -0.25) is 14.1 Å². The summed E-state index contributed by atoms with van der Waals surface area (Å²) >= 11 is 0.963. The Hall–Kier alpha value is -3.64. The molecule has 0 saturated carbocycles. The second kappa shape index (κ2) is 8.71. The fraction of sp³-hybridized carbons (Fsp3) is 0.400. The van der Waals surface area contributed by atoms with Gasteiger partial charge in [-0.25, -0.2) is 14.1 Å². The molecular formula is C15H18N8O8S2. The number of thiazole rings is 1. The molecular weight excluding hydrogens is 484 g/mol. The first-order chi connectivity index (χ1) is 15.3. The zero-order valence-corrected chi connectivity index (χ0v) is 18.6. The summed E-state index contributed by atoms with van der Waals surface area (Å²) in [6.07, 6.45) is 2.62. The molecule has 18 heteroatoms. The summed E-state index contributed by atoms with van der Waals surface area (Å²) in [5, 5.41) is 24.1. The number of carbonyl (C=O) groups excluding carboxylic acids is 2. The monoisotopic (exact) mass is 502 g/mol. The van der Waals surface area contributed by atoms with Crippen LogP contribution in [-0.4, -0.2) is 83.5 Å². The van der Waals surface area contributed by atoms with Crippen LogP contribution in [0.1, 0.15) is 19.5 Å². The van der Waals surface area contributed by atoms with Gasteiger partial charge in [-0.1, -0.05) is 5.16 Å². The lowest BCUT2D eigenvalue weighted by molar-refractivity contribution is -0.161. The van der Waals surface area contributed by atoms with Gasteiger partial charge in [0.1, 0.15) is 17.8 Å². The van der Waals surface area contributed by atoms with Crippen LogP contribution < -0.4 is 11.1 Å². The second-order valence-corrected chi connectivity index (χ2v) is 9.31. The van der Waals surface area contributed by atoms with Gasteiger partial charge in [0.2, 0.25) is 5.60 Å². The van der Waals surface area contributed by atoms with Crippen LogP contribution in [0.15, 0.2) is 22.9 Å². The number of hydrogen-bond donors (Lipinski definition) is 4. The Morgan fingerprint density at radius 2 is 2.00 bits per heavy atom. The Balaban J connectivity index is 1.88. The van der Waals surface area contributed by atoms with Crippen molar-refractivity contribution in [2.45, 2.75) is 38.1 Å². The molecule has 2 amide bonds. The summed E-state index contributed by atoms with van der Waals surface area (Å²) in [4.78, 5) is 46.5. The van der Waals surface area contributed by atoms with Gasteiger partial charge in [-0.2, -0.15) is 23.4 Å². The van der Waals surface area contributed by atoms with Crippen LogP contribution in [0.3, 0.4) is 0 Å². The lowest BCUT2D eigenvalue weighted by Crippen LogP contribution is -2.73. The molecule has 2 atom stereocenters. The lowest BCUT2D eigenvalue weighted by atomic mass is 9.98. The Kier molecular flexibility index (Phi) is 6.34. The number of β-lactam (4-membered cyclic amide) rings is 1. The number of carboxylic acids is 1. The third-order valence-corrected chi connectivity index (χ3v) is 6.00. The van der Waals surface area contributed by atoms with Crippen LogP contribution >= 0.6 is 11.3 Å². The van der Waals surface area contributed by atoms with Crippen molar-refractivity contribution in [2.75, 3.05) is 5.73 Å². The number of aromatic nitrogens is 4. The summed E-state index contributed by atoms with van der Waals surface area (Å²) < 4.78 is 32.8. The molecule has 3 heterocycles. The number of nitrogen functional groups attached to an aromatic ring is 1. The molecule has 2 aromatic rings. The van der Waals surface area contributed by atoms with Crippen LogP contribution in [0.4, 0.5) is 5.13 Å². The zero-order chi connectivity index (χ0) is 24.6. The van der Waals surface area contributed by atoms with E-state index in [1.54, 1.807) is 0 Å². The minimum Gasteiger partial charge on any atom is -0.478 e. The number of nitrogens with zero attached hydrogens (tertiary/aromatic N) is 6. The molecule has 16 nitrogen and oxygen atoms in total. The van der Waals surface area contributed by atoms with Gasteiger partial charge >= 0.3 is 16.3 Å². The Morgan fingerprint density at radius 3 is 2.52 bits per heavy atom. The maximum atomic E-state index is 12.9. The first-order valence-corrected chi connectivity index (χ1v) is 11.3. The van der Waals surface area contributed by atoms with E-state index < -0.39 is 51.5 Å². The second-order valence-electron chi connectivity index (χ2n) is 7.13. The molecule has 0 radical (unpaired) electrons. The number of nitrogens with one attached hydrogen (secondary N) is 1. The van der Waals surface area contributed by atoms with Gasteiger partial charge < -0.3 is 21.0 Å². The molecule has 2 aromatic heterocycles. The molecule has 1 fully saturated rings. The van der Waals surface area contributed by atoms with Crippen LogP contribution in [0.2, 0.25) is 0 Å². The molecule has 3 rings (SSSR count). The van der Waals surface area contributed by atoms with Crippen molar-refractivity contribution in [3.63, 3.8) is 0 Å². The number of amides is 2. The summed E-state index contributed by atoms with van der Waals surface area (Å²) in [7, 11) is -4.93. The molecule has 5 N–H and O–H groups in total. The highest BCUT2D eigenvalue weighted by atomic mass is 32.2. The minimum atomic E-state index is -4.93. The third-order valence-electron chi connectivity index (χ3n) is 4.38. The third kappa shape index (κ3) is 5.07. The van der Waals surface area contributed by atoms with E-state index in [-0.39, 0.29) is 21.7 Å². The van der Waals surface area contributed by atoms with Crippen molar-refractivity contribution in [3.8, 4) is 0 Å². The number of carbonyl (C=O) groups is 3. The largest absolute Gasteiger partial charge is 0.478 e. The van der Waals surface area contributed by atoms with E-state index in [4.69, 9.17) is 10.6 Å². The lowest BCUT2D eigenvalue weighted by Gasteiger charge is -2.43. The summed E-state index contributed by atoms with van der Waals surface area (Å²) in [6, 6.07) is -2.68. The standard InChI is InChI=1S/C15H18N8O8S2/c1-15(2,13(26)27)31-21-9(7-6-32-14(16)19-7)11(24)20-10-8(5-22-17-3-4-18-22)23(12(10)25)33(28,29)30/h3-4,6,8,10H,5H2,1-2H3,(H2,16,19)(H,20,24)(H,26,27)(H,28,29,30)/t8-,10-/m0/s1. The molecule has 0 aromatic carbocycles. The van der Waals surface area contributed by atoms with E-state index in [0.717, 1.165) is 16.1 Å². The van der Waals surface area contributed by atoms with Crippen LogP contribution in [-0.2, 0) is 36.1 Å². The smallest absolute Gasteiger partial charge is 0.362 e. The average Bonchev–Trinajstić information content (AvgIpc) is 3.36. The molecule has 0 bridgehead atoms. The van der Waals surface area contributed by atoms with Crippen molar-refractivity contribution >= 4 is 50.3 Å². The SMILES string of the molecule is CC(C)(ON=C(C(=O)N[C@@H]1C(=O)N(S(=O)(=O)O)[C@H]1Cn1nccn1)c1csc(N)n1)C(=O)O. The summed E-state index contributed by atoms with van der Waals surface area (Å²) in [6.45, 7) is 2.11. The molecule has 33 heavy (non-hydrogen) atoms. The summed E-state index contributed by atoms with van der Waals surface area (Å²) in [5.41, 5.74) is 3.20. The van der Waals surface area contributed by atoms with E-state index in [2.05, 4.69) is 25.7 Å². The minimum absolute atomic E-state index is 0.0695. The number of aliphatic carboxylic acids is 1. The van der Waals surface area contributed by atoms with Crippen molar-refractivity contribution < 1.29 is 37.3 Å². The van der Waals surface area contributed by atoms with Crippen molar-refractivity contribution in [3.05, 3.63) is 23.5 Å². The fourth-order valence-corrected chi connectivity index (χ4v) is 4.07. The molecule has 0 unspecified atom stereocenters. The van der Waals surface area contributed by atoms with Gasteiger partial charge in [-0.05, 0) is 13.8 Å². The number of nitrogens with two attached hydrogens (primary N) is 1. The fourth-order valence-electron chi connectivity index (χ4n) is 2.65. The first kappa shape index (κ1) is 24.0. The van der Waals surface area contributed by atoms with Gasteiger partial charge in [0, 0.05) is 5.38 Å². The topological polar surface area (TPSA) is 232 Å². The van der Waals surface area contributed by atoms with Crippen LogP contribution in [0, 0.1) is 0 Å². The Bertz CT molecular complexity index is 1210. The first-order valence-electron chi connectivity index (χ1n) is 8.98. The van der Waals surface area contributed by atoms with E-state index in [0.29, 0.717) is 0 Å². The average molecular weight is 502 g/mol. The predicted octanol–water partition coefficient (Wildman–Crippen LogP) is -1.90. The van der Waals surface area contributed by atoms with E-state index in [1.165, 1.54) is 31.6 Å². The zero-order valence-electron chi connectivity index (χ0n) is 17.0. The highest BCUT2D eigenvalue weighted by molar-refractivity contribution is 7.84. The number of hydrogen-bond acceptors (Lipinski definition) is 12. The van der Waals surface area contributed by atoms with Crippen molar-refractivity contribution in [2.24, 2.45) is 5.16 Å². The van der Waals surface area contributed by atoms with Crippen LogP contribution in [0.25, 0.3) is 0 Å². The quantitative estimate of drug-likeness (QED) is 0.127. The number of rotatable bonds is 9. The number of anilines is 1. The van der Waals surface area contributed by atoms with Crippen molar-refractivity contribution in [1.82, 2.24) is 29.6 Å². The Morgan fingerprint density at radius 1 is 1.36 bits per heavy atom.